The van der Waals surface area contributed by atoms with Crippen LogP contribution >= 0.6 is 11.8 Å². The predicted octanol–water partition coefficient (Wildman–Crippen LogP) is 3.46. The number of rotatable bonds is 4. The molecule has 1 aromatic heterocycles. The number of H-pyrrole nitrogens is 2. The minimum atomic E-state index is -0.251. The third-order valence-corrected chi connectivity index (χ3v) is 5.63. The van der Waals surface area contributed by atoms with E-state index in [0.717, 1.165) is 16.8 Å². The Morgan fingerprint density at radius 1 is 1.08 bits per heavy atom. The Balaban J connectivity index is 1.45. The molecule has 25 heavy (non-hydrogen) atoms. The summed E-state index contributed by atoms with van der Waals surface area (Å²) in [5, 5.41) is 2.71. The van der Waals surface area contributed by atoms with Crippen LogP contribution in [0.1, 0.15) is 24.5 Å². The number of carbonyl (C=O) groups excluding carboxylic acids is 1. The van der Waals surface area contributed by atoms with Gasteiger partial charge >= 0.3 is 5.69 Å². The number of anilines is 1. The molecule has 0 unspecified atom stereocenters. The fourth-order valence-corrected chi connectivity index (χ4v) is 4.16. The molecular weight excluding hydrogens is 334 g/mol. The highest BCUT2D eigenvalue weighted by atomic mass is 32.2. The molecule has 128 valence electrons. The average Bonchev–Trinajstić information content (AvgIpc) is 3.19. The largest absolute Gasteiger partial charge is 0.325 e. The fraction of sp³-hybridized carbons (Fsp3) is 0.263. The normalized spacial score (nSPS) is 14.4. The minimum Gasteiger partial charge on any atom is -0.325 e. The molecule has 1 heterocycles. The second-order valence-corrected chi connectivity index (χ2v) is 7.79. The van der Waals surface area contributed by atoms with E-state index in [1.54, 1.807) is 30.0 Å². The molecule has 3 aromatic rings. The van der Waals surface area contributed by atoms with Gasteiger partial charge in [-0.05, 0) is 67.6 Å². The molecule has 0 spiro atoms. The summed E-state index contributed by atoms with van der Waals surface area (Å²) in [4.78, 5) is 30.3. The van der Waals surface area contributed by atoms with Crippen molar-refractivity contribution in [3.63, 3.8) is 0 Å². The molecule has 0 saturated heterocycles. The number of amides is 1. The first-order valence-corrected chi connectivity index (χ1v) is 9.28. The molecule has 1 aliphatic carbocycles. The third kappa shape index (κ3) is 3.35. The van der Waals surface area contributed by atoms with Crippen LogP contribution in [0.3, 0.4) is 0 Å². The molecule has 0 fully saturated rings. The Labute approximate surface area is 149 Å². The molecule has 3 N–H and O–H groups in total. The van der Waals surface area contributed by atoms with Crippen LogP contribution in [0.15, 0.2) is 46.1 Å². The number of fused-ring (bicyclic) bond motifs is 2. The van der Waals surface area contributed by atoms with Crippen LogP contribution in [0.2, 0.25) is 0 Å². The fourth-order valence-electron chi connectivity index (χ4n) is 3.23. The maximum Gasteiger partial charge on any atom is 0.323 e. The summed E-state index contributed by atoms with van der Waals surface area (Å²) in [7, 11) is 0. The van der Waals surface area contributed by atoms with E-state index in [1.165, 1.54) is 24.0 Å². The molecule has 2 aromatic carbocycles. The van der Waals surface area contributed by atoms with Gasteiger partial charge in [-0.15, -0.1) is 11.8 Å². The number of aromatic nitrogens is 2. The first kappa shape index (κ1) is 16.0. The van der Waals surface area contributed by atoms with Crippen molar-refractivity contribution >= 4 is 34.4 Å². The van der Waals surface area contributed by atoms with E-state index >= 15 is 0 Å². The van der Waals surface area contributed by atoms with Gasteiger partial charge in [-0.3, -0.25) is 4.79 Å². The van der Waals surface area contributed by atoms with Crippen molar-refractivity contribution in [3.05, 3.63) is 58.0 Å². The van der Waals surface area contributed by atoms with Crippen LogP contribution in [0.5, 0.6) is 0 Å². The quantitative estimate of drug-likeness (QED) is 0.629. The molecule has 6 heteroatoms. The number of imidazole rings is 1. The van der Waals surface area contributed by atoms with Gasteiger partial charge < -0.3 is 15.3 Å². The first-order chi connectivity index (χ1) is 12.1. The summed E-state index contributed by atoms with van der Waals surface area (Å²) >= 11 is 1.57. The van der Waals surface area contributed by atoms with Gasteiger partial charge in [0.05, 0.1) is 16.3 Å². The molecule has 1 amide bonds. The molecule has 0 aliphatic heterocycles. The van der Waals surface area contributed by atoms with Crippen molar-refractivity contribution in [2.24, 2.45) is 0 Å². The molecule has 0 bridgehead atoms. The van der Waals surface area contributed by atoms with E-state index in [4.69, 9.17) is 0 Å². The predicted molar refractivity (Wildman–Crippen MR) is 101 cm³/mol. The zero-order valence-electron chi connectivity index (χ0n) is 13.9. The van der Waals surface area contributed by atoms with Crippen molar-refractivity contribution in [2.45, 2.75) is 36.3 Å². The molecule has 0 radical (unpaired) electrons. The van der Waals surface area contributed by atoms with E-state index in [1.807, 2.05) is 6.92 Å². The van der Waals surface area contributed by atoms with Crippen LogP contribution in [0, 0.1) is 0 Å². The lowest BCUT2D eigenvalue weighted by Gasteiger charge is -2.13. The van der Waals surface area contributed by atoms with Gasteiger partial charge in [0.2, 0.25) is 5.91 Å². The number of carbonyl (C=O) groups is 1. The van der Waals surface area contributed by atoms with E-state index in [9.17, 15) is 9.59 Å². The van der Waals surface area contributed by atoms with E-state index in [-0.39, 0.29) is 16.8 Å². The maximum absolute atomic E-state index is 12.5. The molecule has 0 saturated carbocycles. The van der Waals surface area contributed by atoms with Gasteiger partial charge in [0.25, 0.3) is 0 Å². The van der Waals surface area contributed by atoms with E-state index in [2.05, 4.69) is 33.5 Å². The van der Waals surface area contributed by atoms with E-state index in [0.29, 0.717) is 11.2 Å². The summed E-state index contributed by atoms with van der Waals surface area (Å²) in [6.45, 7) is 1.91. The van der Waals surface area contributed by atoms with E-state index < -0.39 is 0 Å². The molecule has 1 aliphatic rings. The summed E-state index contributed by atoms with van der Waals surface area (Å²) in [6.07, 6.45) is 3.53. The number of thioether (sulfide) groups is 1. The molecular formula is C19H19N3O2S. The standard InChI is InChI=1S/C19H19N3O2S/c1-11(25-15-7-5-12-3-2-4-13(12)9-15)18(23)20-14-6-8-16-17(10-14)22-19(24)21-16/h5-11H,2-4H2,1H3,(H,20,23)(H2,21,22,24)/t11-/m1/s1. The number of nitrogens with one attached hydrogen (secondary N) is 3. The van der Waals surface area contributed by atoms with Crippen molar-refractivity contribution in [1.29, 1.82) is 0 Å². The topological polar surface area (TPSA) is 77.8 Å². The van der Waals surface area contributed by atoms with Gasteiger partial charge in [0, 0.05) is 10.6 Å². The second kappa shape index (κ2) is 6.44. The lowest BCUT2D eigenvalue weighted by Crippen LogP contribution is -2.22. The smallest absolute Gasteiger partial charge is 0.323 e. The lowest BCUT2D eigenvalue weighted by molar-refractivity contribution is -0.115. The highest BCUT2D eigenvalue weighted by molar-refractivity contribution is 8.00. The molecule has 1 atom stereocenters. The summed E-state index contributed by atoms with van der Waals surface area (Å²) < 4.78 is 0. The van der Waals surface area contributed by atoms with Gasteiger partial charge in [0.1, 0.15) is 0 Å². The Hall–Kier alpha value is -2.47. The van der Waals surface area contributed by atoms with Gasteiger partial charge in [-0.2, -0.15) is 0 Å². The summed E-state index contributed by atoms with van der Waals surface area (Å²) in [5.41, 5.74) is 4.69. The first-order valence-electron chi connectivity index (χ1n) is 8.40. The van der Waals surface area contributed by atoms with Crippen molar-refractivity contribution in [1.82, 2.24) is 9.97 Å². The Kier molecular flexibility index (Phi) is 4.13. The Morgan fingerprint density at radius 2 is 1.88 bits per heavy atom. The molecule has 5 nitrogen and oxygen atoms in total. The maximum atomic E-state index is 12.5. The Bertz CT molecular complexity index is 1010. The average molecular weight is 353 g/mol. The van der Waals surface area contributed by atoms with Crippen LogP contribution in [-0.2, 0) is 17.6 Å². The zero-order chi connectivity index (χ0) is 17.4. The summed E-state index contributed by atoms with van der Waals surface area (Å²) in [5.74, 6) is -0.0530. The van der Waals surface area contributed by atoms with Crippen molar-refractivity contribution in [3.8, 4) is 0 Å². The minimum absolute atomic E-state index is 0.0530. The van der Waals surface area contributed by atoms with Crippen molar-refractivity contribution < 1.29 is 4.79 Å². The highest BCUT2D eigenvalue weighted by Gasteiger charge is 2.17. The number of aryl methyl sites for hydroxylation is 2. The van der Waals surface area contributed by atoms with Crippen LogP contribution in [0.25, 0.3) is 11.0 Å². The number of hydrogen-bond donors (Lipinski definition) is 3. The summed E-state index contributed by atoms with van der Waals surface area (Å²) in [6, 6.07) is 11.8. The number of hydrogen-bond acceptors (Lipinski definition) is 3. The lowest BCUT2D eigenvalue weighted by atomic mass is 10.1. The number of benzene rings is 2. The monoisotopic (exact) mass is 353 g/mol. The second-order valence-electron chi connectivity index (χ2n) is 6.37. The van der Waals surface area contributed by atoms with Crippen molar-refractivity contribution in [2.75, 3.05) is 5.32 Å². The molecule has 4 rings (SSSR count). The highest BCUT2D eigenvalue weighted by Crippen LogP contribution is 2.30. The van der Waals surface area contributed by atoms with Crippen LogP contribution in [-0.4, -0.2) is 21.1 Å². The zero-order valence-corrected chi connectivity index (χ0v) is 14.7. The van der Waals surface area contributed by atoms with Crippen LogP contribution in [0.4, 0.5) is 5.69 Å². The SMILES string of the molecule is C[C@@H](Sc1ccc2c(c1)CCC2)C(=O)Nc1ccc2[nH]c(=O)[nH]c2c1. The van der Waals surface area contributed by atoms with Crippen LogP contribution < -0.4 is 11.0 Å². The van der Waals surface area contributed by atoms with Gasteiger partial charge in [-0.25, -0.2) is 4.79 Å². The van der Waals surface area contributed by atoms with Gasteiger partial charge in [0.15, 0.2) is 0 Å². The van der Waals surface area contributed by atoms with Gasteiger partial charge in [-0.1, -0.05) is 6.07 Å². The Morgan fingerprint density at radius 3 is 2.76 bits per heavy atom. The third-order valence-electron chi connectivity index (χ3n) is 4.54. The number of aromatic amines is 2.